The van der Waals surface area contributed by atoms with Gasteiger partial charge in [0.1, 0.15) is 23.3 Å². The zero-order chi connectivity index (χ0) is 66.9. The van der Waals surface area contributed by atoms with Crippen molar-refractivity contribution in [3.05, 3.63) is 120 Å². The van der Waals surface area contributed by atoms with Gasteiger partial charge in [-0.3, -0.25) is 9.13 Å². The van der Waals surface area contributed by atoms with E-state index in [1.54, 1.807) is 14.2 Å². The standard InChI is InChI=1S/C16H29N2O8PSi2.C13H20N2O3Si.2C10H14N2O3Si.C2H9O6PSi/c1-22-28(23-2,26-29(24-3,25-4)13-11-27(19,20)21)12-7-10-16-17-14-8-5-6-9-15(14)18-16;1-17-19(10-16,18-2)9-5-8-13-14-11-6-3-4-7-12(11)15-13;2*13-16(14,15)7-3-6-10-11-8-4-1-2-5-9(8)12-10;3-9(4,5)1-2-10(6,7)8/h5-6,8-9H,7,10-13H2,1-4H3,(H,17,18)(H2,19,20,21);3-4,6-7,16H,5,8-10H2,1-2H3,(H,14,15);2*1-2,4-5,13-15H,3,6-7H2,(H,11,12);6-8H,1-2H2,(H2,3,4,5)/p+1. The van der Waals surface area contributed by atoms with Crippen LogP contribution in [0, 0.1) is 0 Å². The molecule has 0 amide bonds. The first-order chi connectivity index (χ1) is 42.2. The molecule has 8 aromatic rings. The molecule has 4 heterocycles. The normalized spacial score (nSPS) is 12.7. The van der Waals surface area contributed by atoms with Crippen LogP contribution in [0.4, 0.5) is 0 Å². The number of aromatic amines is 4. The number of H-pyrrole nitrogens is 4. The van der Waals surface area contributed by atoms with Gasteiger partial charge < -0.3 is 118 Å². The lowest BCUT2D eigenvalue weighted by Crippen LogP contribution is -2.57. The summed E-state index contributed by atoms with van der Waals surface area (Å²) in [7, 11) is -20.5. The molecule has 0 unspecified atom stereocenters. The van der Waals surface area contributed by atoms with Gasteiger partial charge in [-0.1, -0.05) is 48.5 Å². The maximum absolute atomic E-state index is 11.3. The van der Waals surface area contributed by atoms with E-state index in [0.29, 0.717) is 44.6 Å². The van der Waals surface area contributed by atoms with Crippen LogP contribution in [0.15, 0.2) is 97.1 Å². The van der Waals surface area contributed by atoms with E-state index >= 15 is 0 Å². The van der Waals surface area contributed by atoms with E-state index in [9.17, 15) is 24.0 Å². The summed E-state index contributed by atoms with van der Waals surface area (Å²) < 4.78 is 60.4. The van der Waals surface area contributed by atoms with Gasteiger partial charge in [0.25, 0.3) is 0 Å². The van der Waals surface area contributed by atoms with Crippen molar-refractivity contribution in [1.82, 2.24) is 39.9 Å². The molecule has 0 radical (unpaired) electrons. The number of nitrogens with one attached hydrogen (secondary N) is 4. The third-order valence-electron chi connectivity index (χ3n) is 13.5. The van der Waals surface area contributed by atoms with Crippen molar-refractivity contribution in [2.75, 3.05) is 61.2 Å². The summed E-state index contributed by atoms with van der Waals surface area (Å²) in [4.78, 5) is 143. The summed E-state index contributed by atoms with van der Waals surface area (Å²) in [5.74, 6) is 3.43. The Morgan fingerprint density at radius 1 is 0.389 bits per heavy atom. The van der Waals surface area contributed by atoms with Crippen LogP contribution < -0.4 is 0 Å². The van der Waals surface area contributed by atoms with Gasteiger partial charge in [-0.05, 0) is 80.3 Å². The summed E-state index contributed by atoms with van der Waals surface area (Å²) in [6.45, 7) is 0. The van der Waals surface area contributed by atoms with Gasteiger partial charge in [0, 0.05) is 98.6 Å². The van der Waals surface area contributed by atoms with Gasteiger partial charge in [-0.15, -0.1) is 0 Å². The molecule has 4 aromatic heterocycles. The average Bonchev–Trinajstić information content (AvgIpc) is 1.49. The lowest BCUT2D eigenvalue weighted by molar-refractivity contribution is 0.0869. The summed E-state index contributed by atoms with van der Waals surface area (Å²) in [5.41, 5.74) is 7.67. The number of aryl methyl sites for hydroxylation is 4. The number of aliphatic hydroxyl groups is 1. The molecule has 0 fully saturated rings. The topological polar surface area (TPSA) is 497 Å². The monoisotopic (exact) mass is 1410 g/mol. The first-order valence-corrected chi connectivity index (χ1v) is 44.0. The molecule has 8 rings (SSSR count). The van der Waals surface area contributed by atoms with Gasteiger partial charge in [0.15, 0.2) is 0 Å². The largest absolute Gasteiger partial charge is 1.00 e. The maximum Gasteiger partial charge on any atom is 1.00 e. The number of imidazole rings is 4. The highest BCUT2D eigenvalue weighted by Gasteiger charge is 2.52. The van der Waals surface area contributed by atoms with Crippen LogP contribution in [0.3, 0.4) is 0 Å². The molecule has 502 valence electrons. The minimum Gasteiger partial charge on any atom is -0.396 e. The minimum absolute atomic E-state index is 0. The first kappa shape index (κ1) is 78.1. The lowest BCUT2D eigenvalue weighted by atomic mass is 10.3. The molecule has 31 nitrogen and oxygen atoms in total. The minimum atomic E-state index is -4.26. The van der Waals surface area contributed by atoms with Crippen molar-refractivity contribution in [3.8, 4) is 0 Å². The Morgan fingerprint density at radius 3 is 0.900 bits per heavy atom. The second kappa shape index (κ2) is 36.4. The number of para-hydroxylation sites is 8. The lowest BCUT2D eigenvalue weighted by Gasteiger charge is -2.35. The van der Waals surface area contributed by atoms with Crippen LogP contribution in [0.2, 0.25) is 36.3 Å². The van der Waals surface area contributed by atoms with Crippen molar-refractivity contribution in [3.63, 3.8) is 0 Å². The molecule has 0 aliphatic carbocycles. The molecular formula is C51H87N8O23P2Si6+. The Kier molecular flexibility index (Phi) is 31.6. The van der Waals surface area contributed by atoms with E-state index in [1.165, 1.54) is 28.4 Å². The number of benzene rings is 4. The molecule has 18 N–H and O–H groups in total. The number of hydrogen-bond acceptors (Lipinski definition) is 23. The summed E-state index contributed by atoms with van der Waals surface area (Å²) in [6, 6.07) is 31.8. The third-order valence-corrected chi connectivity index (χ3v) is 28.8. The number of hydrogen-bond donors (Lipinski definition) is 18. The van der Waals surface area contributed by atoms with Gasteiger partial charge in [-0.2, -0.15) is 0 Å². The van der Waals surface area contributed by atoms with E-state index < -0.39 is 86.1 Å². The molecule has 4 aromatic carbocycles. The average molecular weight is 1410 g/mol. The molecule has 0 saturated carbocycles. The highest BCUT2D eigenvalue weighted by molar-refractivity contribution is 7.52. The van der Waals surface area contributed by atoms with Crippen molar-refractivity contribution < 1.29 is 109 Å². The van der Waals surface area contributed by atoms with E-state index in [-0.39, 0.29) is 25.8 Å². The van der Waals surface area contributed by atoms with Gasteiger partial charge in [0.2, 0.25) is 0 Å². The molecule has 39 heteroatoms. The van der Waals surface area contributed by atoms with Gasteiger partial charge >= 0.3 is 69.2 Å². The van der Waals surface area contributed by atoms with Crippen molar-refractivity contribution >= 4 is 112 Å². The van der Waals surface area contributed by atoms with Crippen LogP contribution in [-0.2, 0) is 65.5 Å². The molecule has 0 spiro atoms. The highest BCUT2D eigenvalue weighted by Crippen LogP contribution is 2.39. The number of aromatic nitrogens is 8. The fraction of sp³-hybridized carbons (Fsp3) is 0.451. The van der Waals surface area contributed by atoms with Crippen molar-refractivity contribution in [2.24, 2.45) is 0 Å². The van der Waals surface area contributed by atoms with Crippen LogP contribution >= 0.6 is 15.2 Å². The van der Waals surface area contributed by atoms with E-state index in [4.69, 9.17) is 83.6 Å². The number of aliphatic hydroxyl groups excluding tert-OH is 1. The smallest absolute Gasteiger partial charge is 0.396 e. The van der Waals surface area contributed by atoms with Gasteiger partial charge in [0.05, 0.1) is 62.7 Å². The second-order valence-electron chi connectivity index (χ2n) is 20.6. The molecule has 0 saturated heterocycles. The number of nitrogens with zero attached hydrogens (tertiary/aromatic N) is 4. The molecule has 0 aliphatic heterocycles. The Bertz CT molecular complexity index is 3230. The summed E-state index contributed by atoms with van der Waals surface area (Å²) in [5, 5.41) is 9.38. The van der Waals surface area contributed by atoms with E-state index in [1.807, 2.05) is 97.1 Å². The SMILES string of the molecule is CO[Si](CCCc1nc2ccccc2[nH]1)(OC)O[Si](CCP(=O)(O)O)(OC)OC.CO[Si](CO)(CCCc1nc2ccccc2[nH]1)OC.O=P(O)(O)CC[Si](O)(O)O.O[Si](O)(O)CCCc1nc2ccccc2[nH]1.O[Si](O)(O)CCCc1nc2ccccc2[nH]1.[H+]. The van der Waals surface area contributed by atoms with Crippen molar-refractivity contribution in [2.45, 2.75) is 87.6 Å². The van der Waals surface area contributed by atoms with Crippen LogP contribution in [0.1, 0.15) is 50.4 Å². The Hall–Kier alpha value is -4.32. The van der Waals surface area contributed by atoms with Crippen LogP contribution in [0.25, 0.3) is 44.1 Å². The predicted molar refractivity (Wildman–Crippen MR) is 346 cm³/mol. The Morgan fingerprint density at radius 2 is 0.656 bits per heavy atom. The second-order valence-corrected chi connectivity index (χ2v) is 39.9. The fourth-order valence-electron chi connectivity index (χ4n) is 8.63. The quantitative estimate of drug-likeness (QED) is 0.0219. The Balaban J connectivity index is 0.000000308. The summed E-state index contributed by atoms with van der Waals surface area (Å²) >= 11 is 0. The predicted octanol–water partition coefficient (Wildman–Crippen LogP) is 2.93. The zero-order valence-corrected chi connectivity index (χ0v) is 58.7. The summed E-state index contributed by atoms with van der Waals surface area (Å²) in [6.07, 6.45) is 4.16. The van der Waals surface area contributed by atoms with Crippen molar-refractivity contribution in [1.29, 1.82) is 0 Å². The fourth-order valence-corrected chi connectivity index (χ4v) is 22.1. The zero-order valence-electron chi connectivity index (χ0n) is 51.9. The highest BCUT2D eigenvalue weighted by atomic mass is 31.2. The molecular weight excluding hydrogens is 1320 g/mol. The van der Waals surface area contributed by atoms with Crippen LogP contribution in [0.5, 0.6) is 0 Å². The molecule has 0 bridgehead atoms. The first-order valence-electron chi connectivity index (χ1n) is 28.2. The Labute approximate surface area is 527 Å². The van der Waals surface area contributed by atoms with E-state index in [2.05, 4.69) is 39.9 Å². The maximum atomic E-state index is 11.3. The molecule has 90 heavy (non-hydrogen) atoms. The number of rotatable bonds is 31. The third kappa shape index (κ3) is 28.9. The van der Waals surface area contributed by atoms with E-state index in [0.717, 1.165) is 86.3 Å². The van der Waals surface area contributed by atoms with Gasteiger partial charge in [-0.25, -0.2) is 19.9 Å². The molecule has 0 aliphatic rings. The van der Waals surface area contributed by atoms with Crippen LogP contribution in [-0.4, -0.2) is 222 Å². The molecule has 0 atom stereocenters. The number of fused-ring (bicyclic) bond motifs is 4.